The number of hydrogen-bond acceptors (Lipinski definition) is 3. The van der Waals surface area contributed by atoms with Crippen LogP contribution in [0.1, 0.15) is 11.1 Å². The van der Waals surface area contributed by atoms with E-state index in [-0.39, 0.29) is 0 Å². The Labute approximate surface area is 183 Å². The molecule has 0 amide bonds. The van der Waals surface area contributed by atoms with Crippen LogP contribution in [0.2, 0.25) is 0 Å². The highest BCUT2D eigenvalue weighted by Gasteiger charge is 2.06. The van der Waals surface area contributed by atoms with E-state index in [1.165, 1.54) is 6.08 Å². The summed E-state index contributed by atoms with van der Waals surface area (Å²) in [5.74, 6) is 0.0240. The van der Waals surface area contributed by atoms with Gasteiger partial charge in [0.2, 0.25) is 0 Å². The van der Waals surface area contributed by atoms with Gasteiger partial charge in [0, 0.05) is 27.7 Å². The maximum Gasteiger partial charge on any atom is 0.336 e. The molecule has 0 heterocycles. The quantitative estimate of drug-likeness (QED) is 0.141. The lowest BCUT2D eigenvalue weighted by Gasteiger charge is -2.06. The molecule has 0 aliphatic rings. The van der Waals surface area contributed by atoms with Gasteiger partial charge in [0.15, 0.2) is 0 Å². The molecular formula is C26H18BrNO2. The molecule has 0 radical (unpaired) electrons. The van der Waals surface area contributed by atoms with Crippen molar-refractivity contribution in [2.24, 2.45) is 4.99 Å². The molecule has 0 aromatic heterocycles. The van der Waals surface area contributed by atoms with Gasteiger partial charge in [-0.05, 0) is 47.4 Å². The van der Waals surface area contributed by atoms with Crippen LogP contribution in [0.4, 0.5) is 5.69 Å². The summed E-state index contributed by atoms with van der Waals surface area (Å²) in [6, 6.07) is 29.1. The van der Waals surface area contributed by atoms with Crippen molar-refractivity contribution in [2.75, 3.05) is 0 Å². The highest BCUT2D eigenvalue weighted by atomic mass is 79.9. The number of benzene rings is 4. The predicted molar refractivity (Wildman–Crippen MR) is 126 cm³/mol. The van der Waals surface area contributed by atoms with Gasteiger partial charge >= 0.3 is 5.97 Å². The van der Waals surface area contributed by atoms with Crippen LogP contribution >= 0.6 is 15.9 Å². The normalized spacial score (nSPS) is 11.4. The van der Waals surface area contributed by atoms with E-state index in [0.29, 0.717) is 5.75 Å². The van der Waals surface area contributed by atoms with Crippen LogP contribution in [0.3, 0.4) is 0 Å². The number of rotatable bonds is 5. The smallest absolute Gasteiger partial charge is 0.336 e. The molecule has 0 bridgehead atoms. The second kappa shape index (κ2) is 9.33. The Morgan fingerprint density at radius 3 is 2.43 bits per heavy atom. The largest absolute Gasteiger partial charge is 0.423 e. The Hall–Kier alpha value is -3.50. The van der Waals surface area contributed by atoms with Crippen LogP contribution in [0, 0.1) is 0 Å². The average molecular weight is 456 g/mol. The summed E-state index contributed by atoms with van der Waals surface area (Å²) in [6.45, 7) is 0. The number of carbonyl (C=O) groups excluding carboxylic acids is 1. The number of carbonyl (C=O) groups is 1. The zero-order valence-corrected chi connectivity index (χ0v) is 17.6. The van der Waals surface area contributed by atoms with E-state index in [4.69, 9.17) is 4.74 Å². The minimum absolute atomic E-state index is 0.441. The third-order valence-electron chi connectivity index (χ3n) is 4.52. The van der Waals surface area contributed by atoms with Crippen LogP contribution in [0.25, 0.3) is 16.8 Å². The lowest BCUT2D eigenvalue weighted by molar-refractivity contribution is -0.128. The van der Waals surface area contributed by atoms with Crippen molar-refractivity contribution in [1.29, 1.82) is 0 Å². The van der Waals surface area contributed by atoms with Gasteiger partial charge in [0.25, 0.3) is 0 Å². The summed E-state index contributed by atoms with van der Waals surface area (Å²) >= 11 is 3.39. The molecule has 0 aliphatic heterocycles. The maximum atomic E-state index is 12.3. The van der Waals surface area contributed by atoms with Crippen LogP contribution in [0.15, 0.2) is 107 Å². The molecule has 0 aliphatic carbocycles. The van der Waals surface area contributed by atoms with Crippen molar-refractivity contribution in [3.8, 4) is 5.75 Å². The van der Waals surface area contributed by atoms with Crippen LogP contribution in [-0.2, 0) is 4.79 Å². The van der Waals surface area contributed by atoms with Gasteiger partial charge in [-0.3, -0.25) is 4.99 Å². The van der Waals surface area contributed by atoms with Crippen molar-refractivity contribution in [1.82, 2.24) is 0 Å². The molecular weight excluding hydrogens is 438 g/mol. The zero-order valence-electron chi connectivity index (χ0n) is 16.0. The van der Waals surface area contributed by atoms with E-state index in [1.807, 2.05) is 72.8 Å². The van der Waals surface area contributed by atoms with Crippen LogP contribution < -0.4 is 4.74 Å². The fourth-order valence-electron chi connectivity index (χ4n) is 3.02. The summed E-state index contributed by atoms with van der Waals surface area (Å²) < 4.78 is 6.53. The molecule has 3 nitrogen and oxygen atoms in total. The minimum Gasteiger partial charge on any atom is -0.423 e. The van der Waals surface area contributed by atoms with Gasteiger partial charge in [-0.1, -0.05) is 76.6 Å². The van der Waals surface area contributed by atoms with E-state index in [2.05, 4.69) is 33.1 Å². The molecule has 0 atom stereocenters. The summed E-state index contributed by atoms with van der Waals surface area (Å²) in [5, 5.41) is 2.20. The molecule has 0 unspecified atom stereocenters. The third-order valence-corrected chi connectivity index (χ3v) is 5.05. The fraction of sp³-hybridized carbons (Fsp3) is 0. The first-order valence-electron chi connectivity index (χ1n) is 9.45. The van der Waals surface area contributed by atoms with E-state index in [9.17, 15) is 4.79 Å². The highest BCUT2D eigenvalue weighted by molar-refractivity contribution is 9.10. The molecule has 4 aromatic carbocycles. The highest BCUT2D eigenvalue weighted by Crippen LogP contribution is 2.26. The molecule has 0 saturated heterocycles. The predicted octanol–water partition coefficient (Wildman–Crippen LogP) is 6.97. The third kappa shape index (κ3) is 4.91. The Morgan fingerprint density at radius 1 is 0.833 bits per heavy atom. The Bertz CT molecular complexity index is 1240. The van der Waals surface area contributed by atoms with Crippen LogP contribution in [-0.4, -0.2) is 12.2 Å². The monoisotopic (exact) mass is 455 g/mol. The first kappa shape index (κ1) is 19.8. The number of nitrogens with zero attached hydrogens (tertiary/aromatic N) is 1. The van der Waals surface area contributed by atoms with Gasteiger partial charge in [-0.25, -0.2) is 4.79 Å². The van der Waals surface area contributed by atoms with Gasteiger partial charge in [-0.2, -0.15) is 0 Å². The first-order chi connectivity index (χ1) is 14.7. The number of esters is 1. The summed E-state index contributed by atoms with van der Waals surface area (Å²) in [7, 11) is 0. The van der Waals surface area contributed by atoms with Crippen molar-refractivity contribution in [3.63, 3.8) is 0 Å². The number of para-hydroxylation sites is 1. The van der Waals surface area contributed by atoms with Gasteiger partial charge < -0.3 is 4.74 Å². The molecule has 0 fully saturated rings. The van der Waals surface area contributed by atoms with Crippen LogP contribution in [0.5, 0.6) is 5.75 Å². The Kier molecular flexibility index (Phi) is 6.16. The van der Waals surface area contributed by atoms with E-state index >= 15 is 0 Å². The number of halogens is 1. The Balaban J connectivity index is 1.53. The SMILES string of the molecule is O=C(C=Cc1ccc(Br)cc1)Oc1ccccc1C=Nc1cccc2ccccc12. The average Bonchev–Trinajstić information content (AvgIpc) is 2.78. The van der Waals surface area contributed by atoms with E-state index < -0.39 is 5.97 Å². The molecule has 4 heteroatoms. The maximum absolute atomic E-state index is 12.3. The second-order valence-electron chi connectivity index (χ2n) is 6.60. The van der Waals surface area contributed by atoms with Crippen molar-refractivity contribution in [3.05, 3.63) is 113 Å². The number of hydrogen-bond donors (Lipinski definition) is 0. The minimum atomic E-state index is -0.441. The van der Waals surface area contributed by atoms with Crippen molar-refractivity contribution in [2.45, 2.75) is 0 Å². The summed E-state index contributed by atoms with van der Waals surface area (Å²) in [6.07, 6.45) is 4.87. The van der Waals surface area contributed by atoms with Gasteiger partial charge in [0.05, 0.1) is 5.69 Å². The number of ether oxygens (including phenoxy) is 1. The summed E-state index contributed by atoms with van der Waals surface area (Å²) in [5.41, 5.74) is 2.51. The summed E-state index contributed by atoms with van der Waals surface area (Å²) in [4.78, 5) is 16.9. The van der Waals surface area contributed by atoms with Gasteiger partial charge in [-0.15, -0.1) is 0 Å². The Morgan fingerprint density at radius 2 is 1.57 bits per heavy atom. The van der Waals surface area contributed by atoms with Crippen molar-refractivity contribution >= 4 is 50.6 Å². The van der Waals surface area contributed by atoms with E-state index in [0.717, 1.165) is 32.1 Å². The fourth-order valence-corrected chi connectivity index (χ4v) is 3.28. The zero-order chi connectivity index (χ0) is 20.8. The standard InChI is InChI=1S/C26H18BrNO2/c27-22-15-12-19(13-16-22)14-17-26(29)30-25-11-4-2-7-21(25)18-28-24-10-5-8-20-6-1-3-9-23(20)24/h1-18H. The number of aliphatic imine (C=N–C) groups is 1. The number of fused-ring (bicyclic) bond motifs is 1. The molecule has 0 spiro atoms. The molecule has 0 saturated carbocycles. The molecule has 146 valence electrons. The lowest BCUT2D eigenvalue weighted by atomic mass is 10.1. The topological polar surface area (TPSA) is 38.7 Å². The first-order valence-corrected chi connectivity index (χ1v) is 10.2. The molecule has 30 heavy (non-hydrogen) atoms. The molecule has 4 rings (SSSR count). The molecule has 0 N–H and O–H groups in total. The van der Waals surface area contributed by atoms with Crippen molar-refractivity contribution < 1.29 is 9.53 Å². The van der Waals surface area contributed by atoms with E-state index in [1.54, 1.807) is 18.4 Å². The molecule has 4 aromatic rings. The lowest BCUT2D eigenvalue weighted by Crippen LogP contribution is -2.05. The van der Waals surface area contributed by atoms with Gasteiger partial charge in [0.1, 0.15) is 5.75 Å². The second-order valence-corrected chi connectivity index (χ2v) is 7.52.